The van der Waals surface area contributed by atoms with Crippen molar-refractivity contribution in [3.8, 4) is 0 Å². The van der Waals surface area contributed by atoms with E-state index in [2.05, 4.69) is 64.1 Å². The van der Waals surface area contributed by atoms with Crippen molar-refractivity contribution in [2.45, 2.75) is 33.6 Å². The molecule has 2 aromatic rings. The number of allylic oxidation sites excluding steroid dienone is 4. The summed E-state index contributed by atoms with van der Waals surface area (Å²) in [6, 6.07) is 20.3. The van der Waals surface area contributed by atoms with Crippen molar-refractivity contribution < 1.29 is 4.79 Å². The van der Waals surface area contributed by atoms with E-state index in [1.807, 2.05) is 36.4 Å². The van der Waals surface area contributed by atoms with Crippen molar-refractivity contribution in [1.82, 2.24) is 0 Å². The lowest BCUT2D eigenvalue weighted by Crippen LogP contribution is -2.36. The molecule has 0 N–H and O–H groups in total. The van der Waals surface area contributed by atoms with Gasteiger partial charge in [-0.05, 0) is 32.3 Å². The Morgan fingerprint density at radius 1 is 0.923 bits per heavy atom. The predicted molar refractivity (Wildman–Crippen MR) is 109 cm³/mol. The van der Waals surface area contributed by atoms with Gasteiger partial charge in [-0.2, -0.15) is 0 Å². The van der Waals surface area contributed by atoms with Gasteiger partial charge in [0, 0.05) is 23.3 Å². The number of hydrogen-bond donors (Lipinski definition) is 0. The maximum atomic E-state index is 13.6. The predicted octanol–water partition coefficient (Wildman–Crippen LogP) is 6.45. The van der Waals surface area contributed by atoms with E-state index in [-0.39, 0.29) is 23.5 Å². The number of carbonyl (C=O) groups is 1. The molecule has 2 aromatic carbocycles. The van der Waals surface area contributed by atoms with Gasteiger partial charge < -0.3 is 0 Å². The topological polar surface area (TPSA) is 17.1 Å². The van der Waals surface area contributed by atoms with E-state index in [1.165, 1.54) is 16.7 Å². The molecule has 0 saturated heterocycles. The summed E-state index contributed by atoms with van der Waals surface area (Å²) in [5.74, 6) is 0.839. The Labute approximate surface area is 157 Å². The van der Waals surface area contributed by atoms with Gasteiger partial charge in [-0.3, -0.25) is 4.79 Å². The third kappa shape index (κ3) is 3.72. The molecule has 1 heteroatoms. The summed E-state index contributed by atoms with van der Waals surface area (Å²) < 4.78 is 0. The van der Waals surface area contributed by atoms with Crippen molar-refractivity contribution in [3.63, 3.8) is 0 Å². The number of carbonyl (C=O) groups excluding carboxylic acids is 1. The summed E-state index contributed by atoms with van der Waals surface area (Å²) in [6.45, 7) is 8.69. The highest BCUT2D eigenvalue weighted by molar-refractivity contribution is 5.99. The molecule has 0 unspecified atom stereocenters. The van der Waals surface area contributed by atoms with E-state index in [1.54, 1.807) is 0 Å². The SMILES string of the molecule is CC(C)=C[C@@H]1C=C(C)[C@H](C)[C@H](c2ccccc2)[C@@H]1C(=O)c1ccccc1. The van der Waals surface area contributed by atoms with E-state index in [9.17, 15) is 4.79 Å². The van der Waals surface area contributed by atoms with Crippen molar-refractivity contribution in [1.29, 1.82) is 0 Å². The molecule has 0 bridgehead atoms. The lowest BCUT2D eigenvalue weighted by atomic mass is 9.63. The van der Waals surface area contributed by atoms with Gasteiger partial charge in [0.1, 0.15) is 0 Å². The molecule has 26 heavy (non-hydrogen) atoms. The largest absolute Gasteiger partial charge is 0.294 e. The van der Waals surface area contributed by atoms with Gasteiger partial charge in [0.2, 0.25) is 0 Å². The number of Topliss-reactive ketones (excluding diaryl/α,β-unsaturated/α-hetero) is 1. The van der Waals surface area contributed by atoms with E-state index in [0.717, 1.165) is 5.56 Å². The number of benzene rings is 2. The van der Waals surface area contributed by atoms with E-state index >= 15 is 0 Å². The minimum absolute atomic E-state index is 0.0756. The highest BCUT2D eigenvalue weighted by Crippen LogP contribution is 2.46. The van der Waals surface area contributed by atoms with Gasteiger partial charge in [-0.15, -0.1) is 0 Å². The second-order valence-electron chi connectivity index (χ2n) is 7.71. The lowest BCUT2D eigenvalue weighted by molar-refractivity contribution is 0.0853. The van der Waals surface area contributed by atoms with Gasteiger partial charge in [0.15, 0.2) is 5.78 Å². The molecule has 0 radical (unpaired) electrons. The van der Waals surface area contributed by atoms with Crippen LogP contribution in [0.25, 0.3) is 0 Å². The van der Waals surface area contributed by atoms with Gasteiger partial charge >= 0.3 is 0 Å². The van der Waals surface area contributed by atoms with Crippen LogP contribution >= 0.6 is 0 Å². The average Bonchev–Trinajstić information content (AvgIpc) is 2.64. The fourth-order valence-electron chi connectivity index (χ4n) is 4.23. The maximum absolute atomic E-state index is 13.6. The normalized spacial score (nSPS) is 25.3. The summed E-state index contributed by atoms with van der Waals surface area (Å²) in [5, 5.41) is 0. The molecular weight excluding hydrogens is 316 g/mol. The van der Waals surface area contributed by atoms with Crippen LogP contribution in [0.1, 0.15) is 49.5 Å². The second kappa shape index (κ2) is 7.86. The second-order valence-corrected chi connectivity index (χ2v) is 7.71. The molecule has 0 spiro atoms. The minimum atomic E-state index is -0.0756. The summed E-state index contributed by atoms with van der Waals surface area (Å²) in [5.41, 5.74) is 4.70. The van der Waals surface area contributed by atoms with Gasteiger partial charge in [0.25, 0.3) is 0 Å². The van der Waals surface area contributed by atoms with Crippen molar-refractivity contribution in [2.24, 2.45) is 17.8 Å². The first-order valence-electron chi connectivity index (χ1n) is 9.46. The molecule has 3 rings (SSSR count). The maximum Gasteiger partial charge on any atom is 0.167 e. The van der Waals surface area contributed by atoms with Crippen molar-refractivity contribution >= 4 is 5.78 Å². The molecule has 1 nitrogen and oxygen atoms in total. The van der Waals surface area contributed by atoms with Crippen molar-refractivity contribution in [3.05, 3.63) is 95.1 Å². The van der Waals surface area contributed by atoms with Crippen molar-refractivity contribution in [2.75, 3.05) is 0 Å². The van der Waals surface area contributed by atoms with Crippen LogP contribution in [0, 0.1) is 17.8 Å². The minimum Gasteiger partial charge on any atom is -0.294 e. The van der Waals surface area contributed by atoms with Crippen LogP contribution in [-0.4, -0.2) is 5.78 Å². The van der Waals surface area contributed by atoms with Gasteiger partial charge in [-0.25, -0.2) is 0 Å². The summed E-state index contributed by atoms with van der Waals surface area (Å²) in [7, 11) is 0. The summed E-state index contributed by atoms with van der Waals surface area (Å²) in [6.07, 6.45) is 4.57. The molecule has 0 fully saturated rings. The Morgan fingerprint density at radius 3 is 2.08 bits per heavy atom. The monoisotopic (exact) mass is 344 g/mol. The highest BCUT2D eigenvalue weighted by atomic mass is 16.1. The van der Waals surface area contributed by atoms with E-state index in [4.69, 9.17) is 0 Å². The molecule has 0 aromatic heterocycles. The summed E-state index contributed by atoms with van der Waals surface area (Å²) >= 11 is 0. The number of ketones is 1. The fourth-order valence-corrected chi connectivity index (χ4v) is 4.23. The molecular formula is C25H28O. The standard InChI is InChI=1S/C25H28O/c1-17(2)15-22-16-18(3)19(4)23(20-11-7-5-8-12-20)24(22)25(26)21-13-9-6-10-14-21/h5-16,19,22-24H,1-4H3/t19-,22+,23+,24+/m0/s1. The van der Waals surface area contributed by atoms with Gasteiger partial charge in [-0.1, -0.05) is 90.9 Å². The third-order valence-corrected chi connectivity index (χ3v) is 5.59. The zero-order valence-corrected chi connectivity index (χ0v) is 16.1. The zero-order chi connectivity index (χ0) is 18.7. The Bertz CT molecular complexity index is 810. The zero-order valence-electron chi connectivity index (χ0n) is 16.1. The van der Waals surface area contributed by atoms with E-state index < -0.39 is 0 Å². The van der Waals surface area contributed by atoms with Crippen LogP contribution in [0.15, 0.2) is 84.0 Å². The van der Waals surface area contributed by atoms with E-state index in [0.29, 0.717) is 5.92 Å². The Kier molecular flexibility index (Phi) is 5.56. The number of rotatable bonds is 4. The van der Waals surface area contributed by atoms with Crippen LogP contribution < -0.4 is 0 Å². The number of hydrogen-bond acceptors (Lipinski definition) is 1. The van der Waals surface area contributed by atoms with Crippen LogP contribution in [0.2, 0.25) is 0 Å². The Balaban J connectivity index is 2.14. The molecule has 4 atom stereocenters. The van der Waals surface area contributed by atoms with Crippen LogP contribution in [-0.2, 0) is 0 Å². The van der Waals surface area contributed by atoms with Crippen LogP contribution in [0.3, 0.4) is 0 Å². The molecule has 0 saturated carbocycles. The molecule has 0 amide bonds. The molecule has 1 aliphatic rings. The fraction of sp³-hybridized carbons (Fsp3) is 0.320. The molecule has 0 aliphatic heterocycles. The Morgan fingerprint density at radius 2 is 1.50 bits per heavy atom. The lowest BCUT2D eigenvalue weighted by Gasteiger charge is -2.40. The smallest absolute Gasteiger partial charge is 0.167 e. The summed E-state index contributed by atoms with van der Waals surface area (Å²) in [4.78, 5) is 13.6. The Hall–Kier alpha value is -2.41. The first-order valence-corrected chi connectivity index (χ1v) is 9.46. The quantitative estimate of drug-likeness (QED) is 0.460. The van der Waals surface area contributed by atoms with Gasteiger partial charge in [0.05, 0.1) is 0 Å². The molecule has 134 valence electrons. The first-order chi connectivity index (χ1) is 12.5. The highest BCUT2D eigenvalue weighted by Gasteiger charge is 2.41. The third-order valence-electron chi connectivity index (χ3n) is 5.59. The first kappa shape index (κ1) is 18.4. The van der Waals surface area contributed by atoms with Crippen LogP contribution in [0.4, 0.5) is 0 Å². The average molecular weight is 344 g/mol. The van der Waals surface area contributed by atoms with Crippen LogP contribution in [0.5, 0.6) is 0 Å². The molecule has 1 aliphatic carbocycles. The molecule has 0 heterocycles.